The van der Waals surface area contributed by atoms with Crippen molar-refractivity contribution in [2.24, 2.45) is 5.92 Å². The van der Waals surface area contributed by atoms with Crippen molar-refractivity contribution in [2.75, 3.05) is 9.21 Å². The summed E-state index contributed by atoms with van der Waals surface area (Å²) in [4.78, 5) is 15.2. The first-order chi connectivity index (χ1) is 15.5. The number of amides is 1. The van der Waals surface area contributed by atoms with E-state index < -0.39 is 16.1 Å². The summed E-state index contributed by atoms with van der Waals surface area (Å²) >= 11 is 0. The van der Waals surface area contributed by atoms with E-state index in [4.69, 9.17) is 0 Å². The van der Waals surface area contributed by atoms with E-state index in [0.717, 1.165) is 24.1 Å². The van der Waals surface area contributed by atoms with Crippen molar-refractivity contribution in [1.82, 2.24) is 0 Å². The molecule has 1 aliphatic carbocycles. The highest BCUT2D eigenvalue weighted by atomic mass is 32.2. The van der Waals surface area contributed by atoms with Gasteiger partial charge < -0.3 is 4.90 Å². The first kappa shape index (κ1) is 20.8. The molecule has 5 nitrogen and oxygen atoms in total. The van der Waals surface area contributed by atoms with Crippen LogP contribution >= 0.6 is 0 Å². The lowest BCUT2D eigenvalue weighted by atomic mass is 9.91. The second-order valence-corrected chi connectivity index (χ2v) is 10.4. The summed E-state index contributed by atoms with van der Waals surface area (Å²) in [6.07, 6.45) is 2.40. The first-order valence-electron chi connectivity index (χ1n) is 11.0. The van der Waals surface area contributed by atoms with Crippen molar-refractivity contribution in [2.45, 2.75) is 43.2 Å². The van der Waals surface area contributed by atoms with Gasteiger partial charge in [-0.25, -0.2) is 8.42 Å². The topological polar surface area (TPSA) is 57.7 Å². The van der Waals surface area contributed by atoms with E-state index in [0.29, 0.717) is 12.1 Å². The second kappa shape index (κ2) is 8.10. The average molecular weight is 447 g/mol. The summed E-state index contributed by atoms with van der Waals surface area (Å²) in [5.41, 5.74) is 2.30. The zero-order valence-corrected chi connectivity index (χ0v) is 18.8. The van der Waals surface area contributed by atoms with E-state index >= 15 is 0 Å². The minimum absolute atomic E-state index is 0.0975. The first-order valence-corrected chi connectivity index (χ1v) is 12.5. The molecule has 32 heavy (non-hydrogen) atoms. The predicted octanol–water partition coefficient (Wildman–Crippen LogP) is 5.16. The molecule has 2 atom stereocenters. The van der Waals surface area contributed by atoms with Crippen LogP contribution in [0.5, 0.6) is 0 Å². The summed E-state index contributed by atoms with van der Waals surface area (Å²) in [5.74, 6) is 0.251. The molecule has 3 aromatic rings. The van der Waals surface area contributed by atoms with E-state index in [2.05, 4.69) is 0 Å². The maximum atomic E-state index is 13.9. The molecule has 1 amide bonds. The number of hydrogen-bond donors (Lipinski definition) is 0. The van der Waals surface area contributed by atoms with Gasteiger partial charge in [-0.1, -0.05) is 54.6 Å². The molecule has 0 bridgehead atoms. The number of hydrogen-bond acceptors (Lipinski definition) is 3. The van der Waals surface area contributed by atoms with Crippen molar-refractivity contribution < 1.29 is 13.2 Å². The average Bonchev–Trinajstić information content (AvgIpc) is 3.66. The number of carbonyl (C=O) groups is 1. The van der Waals surface area contributed by atoms with Gasteiger partial charge in [0, 0.05) is 17.6 Å². The molecular weight excluding hydrogens is 420 g/mol. The van der Waals surface area contributed by atoms with Gasteiger partial charge in [0.1, 0.15) is 0 Å². The normalized spacial score (nSPS) is 20.5. The van der Waals surface area contributed by atoms with Crippen LogP contribution in [0.3, 0.4) is 0 Å². The molecule has 0 N–H and O–H groups in total. The minimum Gasteiger partial charge on any atom is -0.309 e. The summed E-state index contributed by atoms with van der Waals surface area (Å²) < 4.78 is 29.4. The lowest BCUT2D eigenvalue weighted by molar-refractivity contribution is -0.120. The fraction of sp³-hybridized carbons (Fsp3) is 0.269. The Kier molecular flexibility index (Phi) is 5.25. The minimum atomic E-state index is -3.83. The molecule has 0 saturated heterocycles. The number of anilines is 2. The van der Waals surface area contributed by atoms with E-state index in [1.165, 1.54) is 4.31 Å². The Morgan fingerprint density at radius 2 is 1.47 bits per heavy atom. The quantitative estimate of drug-likeness (QED) is 0.544. The van der Waals surface area contributed by atoms with Crippen molar-refractivity contribution in [3.63, 3.8) is 0 Å². The monoisotopic (exact) mass is 446 g/mol. The fourth-order valence-electron chi connectivity index (χ4n) is 4.63. The van der Waals surface area contributed by atoms with Crippen LogP contribution in [0.4, 0.5) is 11.4 Å². The molecule has 0 aromatic heterocycles. The highest BCUT2D eigenvalue weighted by Gasteiger charge is 2.44. The SMILES string of the molecule is C[C@@H]1C[C@@H](N(c2ccccc2)S(=O)(=O)c2ccccc2)c2ccccc2N1C(=O)C1CC1. The van der Waals surface area contributed by atoms with E-state index in [1.807, 2.05) is 72.5 Å². The van der Waals surface area contributed by atoms with Crippen LogP contribution in [-0.4, -0.2) is 20.4 Å². The van der Waals surface area contributed by atoms with Gasteiger partial charge in [0.25, 0.3) is 10.0 Å². The van der Waals surface area contributed by atoms with E-state index in [1.54, 1.807) is 24.3 Å². The second-order valence-electron chi connectivity index (χ2n) is 8.59. The Labute approximate surface area is 189 Å². The lowest BCUT2D eigenvalue weighted by Gasteiger charge is -2.43. The van der Waals surface area contributed by atoms with Crippen LogP contribution in [0.2, 0.25) is 0 Å². The maximum absolute atomic E-state index is 13.9. The molecule has 6 heteroatoms. The summed E-state index contributed by atoms with van der Waals surface area (Å²) in [6, 6.07) is 25.0. The Hall–Kier alpha value is -3.12. The molecule has 164 valence electrons. The van der Waals surface area contributed by atoms with Crippen LogP contribution in [0.25, 0.3) is 0 Å². The van der Waals surface area contributed by atoms with Crippen LogP contribution in [0, 0.1) is 5.92 Å². The third-order valence-corrected chi connectivity index (χ3v) is 8.17. The van der Waals surface area contributed by atoms with Gasteiger partial charge in [0.15, 0.2) is 0 Å². The Bertz CT molecular complexity index is 1220. The van der Waals surface area contributed by atoms with Gasteiger partial charge in [-0.2, -0.15) is 0 Å². The number of para-hydroxylation sites is 2. The predicted molar refractivity (Wildman–Crippen MR) is 126 cm³/mol. The molecule has 2 aliphatic rings. The third-order valence-electron chi connectivity index (χ3n) is 6.32. The van der Waals surface area contributed by atoms with Gasteiger partial charge in [0.05, 0.1) is 16.6 Å². The summed E-state index contributed by atoms with van der Waals surface area (Å²) in [5, 5.41) is 0. The zero-order valence-electron chi connectivity index (χ0n) is 18.0. The molecule has 3 aromatic carbocycles. The Morgan fingerprint density at radius 1 is 0.875 bits per heavy atom. The smallest absolute Gasteiger partial charge is 0.264 e. The largest absolute Gasteiger partial charge is 0.309 e. The number of carbonyl (C=O) groups excluding carboxylic acids is 1. The molecular formula is C26H26N2O3S. The molecule has 1 aliphatic heterocycles. The molecule has 0 spiro atoms. The van der Waals surface area contributed by atoms with Crippen molar-refractivity contribution in [3.8, 4) is 0 Å². The Balaban J connectivity index is 1.66. The zero-order chi connectivity index (χ0) is 22.3. The van der Waals surface area contributed by atoms with Crippen LogP contribution in [-0.2, 0) is 14.8 Å². The lowest BCUT2D eigenvalue weighted by Crippen LogP contribution is -2.48. The maximum Gasteiger partial charge on any atom is 0.264 e. The van der Waals surface area contributed by atoms with Gasteiger partial charge in [-0.05, 0) is 62.1 Å². The molecule has 5 rings (SSSR count). The van der Waals surface area contributed by atoms with E-state index in [-0.39, 0.29) is 22.8 Å². The van der Waals surface area contributed by atoms with Crippen molar-refractivity contribution in [3.05, 3.63) is 90.5 Å². The van der Waals surface area contributed by atoms with Gasteiger partial charge >= 0.3 is 0 Å². The van der Waals surface area contributed by atoms with Gasteiger partial charge in [0.2, 0.25) is 5.91 Å². The molecule has 1 fully saturated rings. The number of rotatable bonds is 5. The highest BCUT2D eigenvalue weighted by Crippen LogP contribution is 2.46. The Morgan fingerprint density at radius 3 is 2.12 bits per heavy atom. The van der Waals surface area contributed by atoms with Gasteiger partial charge in [-0.3, -0.25) is 9.10 Å². The van der Waals surface area contributed by atoms with Crippen molar-refractivity contribution >= 4 is 27.3 Å². The summed E-state index contributed by atoms with van der Waals surface area (Å²) in [6.45, 7) is 2.02. The van der Waals surface area contributed by atoms with Crippen LogP contribution in [0.1, 0.15) is 37.8 Å². The van der Waals surface area contributed by atoms with Gasteiger partial charge in [-0.15, -0.1) is 0 Å². The number of sulfonamides is 1. The van der Waals surface area contributed by atoms with Crippen LogP contribution < -0.4 is 9.21 Å². The molecule has 1 heterocycles. The molecule has 0 unspecified atom stereocenters. The molecule has 1 saturated carbocycles. The number of nitrogens with zero attached hydrogens (tertiary/aromatic N) is 2. The number of benzene rings is 3. The number of fused-ring (bicyclic) bond motifs is 1. The van der Waals surface area contributed by atoms with E-state index in [9.17, 15) is 13.2 Å². The van der Waals surface area contributed by atoms with Crippen LogP contribution in [0.15, 0.2) is 89.8 Å². The standard InChI is InChI=1S/C26H26N2O3S/c1-19-18-25(23-14-8-9-15-24(23)27(19)26(29)20-16-17-20)28(21-10-4-2-5-11-21)32(30,31)22-12-6-3-7-13-22/h2-15,19-20,25H,16-18H2,1H3/t19-,25-/m1/s1. The van der Waals surface area contributed by atoms with Crippen molar-refractivity contribution in [1.29, 1.82) is 0 Å². The molecule has 0 radical (unpaired) electrons. The fourth-order valence-corrected chi connectivity index (χ4v) is 6.30. The third kappa shape index (κ3) is 3.58. The highest BCUT2D eigenvalue weighted by molar-refractivity contribution is 7.92. The summed E-state index contributed by atoms with van der Waals surface area (Å²) in [7, 11) is -3.83.